The zero-order valence-corrected chi connectivity index (χ0v) is 13.7. The van der Waals surface area contributed by atoms with Crippen molar-refractivity contribution in [2.45, 2.75) is 18.4 Å². The van der Waals surface area contributed by atoms with E-state index in [-0.39, 0.29) is 4.90 Å². The van der Waals surface area contributed by atoms with Crippen molar-refractivity contribution < 1.29 is 13.2 Å². The molecule has 2 aromatic rings. The van der Waals surface area contributed by atoms with Crippen LogP contribution in [0.2, 0.25) is 0 Å². The van der Waals surface area contributed by atoms with Gasteiger partial charge in [0.1, 0.15) is 5.75 Å². The van der Waals surface area contributed by atoms with Crippen LogP contribution in [0.25, 0.3) is 0 Å². The number of hydrogen-bond donors (Lipinski definition) is 2. The number of benzene rings is 2. The van der Waals surface area contributed by atoms with Crippen LogP contribution in [0.4, 0.5) is 5.69 Å². The van der Waals surface area contributed by atoms with Gasteiger partial charge in [-0.15, -0.1) is 0 Å². The Bertz CT molecular complexity index is 740. The van der Waals surface area contributed by atoms with Gasteiger partial charge in [-0.25, -0.2) is 13.1 Å². The van der Waals surface area contributed by atoms with Crippen molar-refractivity contribution >= 4 is 15.7 Å². The lowest BCUT2D eigenvalue weighted by Gasteiger charge is -2.10. The molecule has 0 aromatic heterocycles. The number of ether oxygens (including phenoxy) is 1. The van der Waals surface area contributed by atoms with E-state index in [9.17, 15) is 8.42 Å². The smallest absolute Gasteiger partial charge is 0.240 e. The molecule has 22 heavy (non-hydrogen) atoms. The van der Waals surface area contributed by atoms with Crippen LogP contribution in [0, 0.1) is 6.92 Å². The maximum absolute atomic E-state index is 11.6. The molecule has 0 bridgehead atoms. The molecule has 0 aliphatic carbocycles. The van der Waals surface area contributed by atoms with Gasteiger partial charge in [0.25, 0.3) is 0 Å². The van der Waals surface area contributed by atoms with Gasteiger partial charge in [0.15, 0.2) is 0 Å². The summed E-state index contributed by atoms with van der Waals surface area (Å²) in [4.78, 5) is 0.248. The summed E-state index contributed by atoms with van der Waals surface area (Å²) in [6.07, 6.45) is 0. The molecular formula is C16H20N2O3S. The van der Waals surface area contributed by atoms with Crippen LogP contribution in [-0.4, -0.2) is 22.6 Å². The highest BCUT2D eigenvalue weighted by molar-refractivity contribution is 7.89. The summed E-state index contributed by atoms with van der Waals surface area (Å²) in [5.74, 6) is 0.856. The second-order valence-electron chi connectivity index (χ2n) is 4.89. The van der Waals surface area contributed by atoms with Crippen molar-refractivity contribution in [3.8, 4) is 5.75 Å². The minimum atomic E-state index is -3.39. The molecule has 2 N–H and O–H groups in total. The van der Waals surface area contributed by atoms with E-state index in [2.05, 4.69) is 10.0 Å². The standard InChI is InChI=1S/C16H20N2O3S/c1-12-4-5-13(10-16(12)21-3)11-18-14-6-8-15(9-7-14)22(19,20)17-2/h4-10,17-18H,11H2,1-3H3. The minimum Gasteiger partial charge on any atom is -0.496 e. The molecule has 2 rings (SSSR count). The van der Waals surface area contributed by atoms with Crippen molar-refractivity contribution in [3.63, 3.8) is 0 Å². The Morgan fingerprint density at radius 3 is 2.36 bits per heavy atom. The molecule has 0 aliphatic heterocycles. The van der Waals surface area contributed by atoms with E-state index in [4.69, 9.17) is 4.74 Å². The molecule has 0 amide bonds. The quantitative estimate of drug-likeness (QED) is 0.858. The van der Waals surface area contributed by atoms with Gasteiger partial charge in [0.2, 0.25) is 10.0 Å². The van der Waals surface area contributed by atoms with Crippen LogP contribution >= 0.6 is 0 Å². The third-order valence-corrected chi connectivity index (χ3v) is 4.83. The predicted molar refractivity (Wildman–Crippen MR) is 87.7 cm³/mol. The number of aryl methyl sites for hydroxylation is 1. The van der Waals surface area contributed by atoms with Gasteiger partial charge >= 0.3 is 0 Å². The number of sulfonamides is 1. The van der Waals surface area contributed by atoms with E-state index in [1.807, 2.05) is 25.1 Å². The molecule has 0 spiro atoms. The molecule has 0 aliphatic rings. The predicted octanol–water partition coefficient (Wildman–Crippen LogP) is 2.52. The first-order valence-electron chi connectivity index (χ1n) is 6.87. The summed E-state index contributed by atoms with van der Waals surface area (Å²) >= 11 is 0. The van der Waals surface area contributed by atoms with Crippen molar-refractivity contribution in [1.29, 1.82) is 0 Å². The average Bonchev–Trinajstić information content (AvgIpc) is 2.54. The molecule has 0 heterocycles. The van der Waals surface area contributed by atoms with Crippen LogP contribution in [-0.2, 0) is 16.6 Å². The third-order valence-electron chi connectivity index (χ3n) is 3.40. The van der Waals surface area contributed by atoms with Crippen molar-refractivity contribution in [3.05, 3.63) is 53.6 Å². The fraction of sp³-hybridized carbons (Fsp3) is 0.250. The lowest BCUT2D eigenvalue weighted by Crippen LogP contribution is -2.18. The van der Waals surface area contributed by atoms with E-state index < -0.39 is 10.0 Å². The number of methoxy groups -OCH3 is 1. The maximum Gasteiger partial charge on any atom is 0.240 e. The molecule has 0 unspecified atom stereocenters. The van der Waals surface area contributed by atoms with Crippen LogP contribution in [0.1, 0.15) is 11.1 Å². The highest BCUT2D eigenvalue weighted by atomic mass is 32.2. The van der Waals surface area contributed by atoms with Crippen molar-refractivity contribution in [1.82, 2.24) is 4.72 Å². The second kappa shape index (κ2) is 6.81. The summed E-state index contributed by atoms with van der Waals surface area (Å²) in [7, 11) is -0.342. The van der Waals surface area contributed by atoms with E-state index >= 15 is 0 Å². The number of hydrogen-bond acceptors (Lipinski definition) is 4. The Morgan fingerprint density at radius 2 is 1.77 bits per heavy atom. The van der Waals surface area contributed by atoms with E-state index in [1.54, 1.807) is 31.4 Å². The Kier molecular flexibility index (Phi) is 5.05. The van der Waals surface area contributed by atoms with Crippen molar-refractivity contribution in [2.75, 3.05) is 19.5 Å². The molecule has 6 heteroatoms. The Balaban J connectivity index is 2.06. The maximum atomic E-state index is 11.6. The molecule has 0 fully saturated rings. The lowest BCUT2D eigenvalue weighted by atomic mass is 10.1. The van der Waals surface area contributed by atoms with Crippen LogP contribution in [0.5, 0.6) is 5.75 Å². The first-order chi connectivity index (χ1) is 10.5. The van der Waals surface area contributed by atoms with Gasteiger partial charge in [-0.1, -0.05) is 12.1 Å². The minimum absolute atomic E-state index is 0.248. The highest BCUT2D eigenvalue weighted by Crippen LogP contribution is 2.20. The van der Waals surface area contributed by atoms with Crippen LogP contribution < -0.4 is 14.8 Å². The average molecular weight is 320 g/mol. The topological polar surface area (TPSA) is 67.4 Å². The fourth-order valence-corrected chi connectivity index (χ4v) is 2.78. The number of nitrogens with one attached hydrogen (secondary N) is 2. The Hall–Kier alpha value is -2.05. The van der Waals surface area contributed by atoms with Crippen molar-refractivity contribution in [2.24, 2.45) is 0 Å². The lowest BCUT2D eigenvalue weighted by molar-refractivity contribution is 0.411. The molecule has 2 aromatic carbocycles. The number of rotatable bonds is 6. The van der Waals surface area contributed by atoms with E-state index in [1.165, 1.54) is 7.05 Å². The SMILES string of the molecule is CNS(=O)(=O)c1ccc(NCc2ccc(C)c(OC)c2)cc1. The molecule has 0 saturated carbocycles. The van der Waals surface area contributed by atoms with Gasteiger partial charge in [-0.3, -0.25) is 0 Å². The zero-order valence-electron chi connectivity index (χ0n) is 12.9. The Labute approximate surface area is 131 Å². The molecule has 118 valence electrons. The molecule has 5 nitrogen and oxygen atoms in total. The molecular weight excluding hydrogens is 300 g/mol. The third kappa shape index (κ3) is 3.78. The molecule has 0 radical (unpaired) electrons. The highest BCUT2D eigenvalue weighted by Gasteiger charge is 2.10. The van der Waals surface area contributed by atoms with Gasteiger partial charge in [0, 0.05) is 12.2 Å². The second-order valence-corrected chi connectivity index (χ2v) is 6.78. The van der Waals surface area contributed by atoms with E-state index in [0.29, 0.717) is 6.54 Å². The van der Waals surface area contributed by atoms with Crippen LogP contribution in [0.15, 0.2) is 47.4 Å². The van der Waals surface area contributed by atoms with Crippen LogP contribution in [0.3, 0.4) is 0 Å². The Morgan fingerprint density at radius 1 is 1.09 bits per heavy atom. The fourth-order valence-electron chi connectivity index (χ4n) is 2.05. The summed E-state index contributed by atoms with van der Waals surface area (Å²) < 4.78 is 30.9. The van der Waals surface area contributed by atoms with Gasteiger partial charge < -0.3 is 10.1 Å². The monoisotopic (exact) mass is 320 g/mol. The summed E-state index contributed by atoms with van der Waals surface area (Å²) in [6, 6.07) is 12.7. The largest absolute Gasteiger partial charge is 0.496 e. The van der Waals surface area contributed by atoms with Gasteiger partial charge in [-0.2, -0.15) is 0 Å². The first-order valence-corrected chi connectivity index (χ1v) is 8.35. The van der Waals surface area contributed by atoms with Gasteiger partial charge in [0.05, 0.1) is 12.0 Å². The summed E-state index contributed by atoms with van der Waals surface area (Å²) in [6.45, 7) is 2.63. The zero-order chi connectivity index (χ0) is 16.2. The van der Waals surface area contributed by atoms with Gasteiger partial charge in [-0.05, 0) is 55.4 Å². The first kappa shape index (κ1) is 16.3. The molecule has 0 atom stereocenters. The number of anilines is 1. The van der Waals surface area contributed by atoms with E-state index in [0.717, 1.165) is 22.6 Å². The summed E-state index contributed by atoms with van der Waals surface area (Å²) in [5.41, 5.74) is 3.04. The summed E-state index contributed by atoms with van der Waals surface area (Å²) in [5, 5.41) is 3.26. The molecule has 0 saturated heterocycles. The normalized spacial score (nSPS) is 11.2.